The van der Waals surface area contributed by atoms with E-state index in [-0.39, 0.29) is 0 Å². The van der Waals surface area contributed by atoms with Gasteiger partial charge in [-0.05, 0) is 63.6 Å². The molecule has 3 heterocycles. The molecule has 2 N–H and O–H groups in total. The molecule has 3 aromatic rings. The number of hydrogen-bond acceptors (Lipinski definition) is 5. The quantitative estimate of drug-likeness (QED) is 0.589. The standard InChI is InChI=1S/C23H33N7/c1-17-19(15-29(2)28-17)14-24-12-5-4-6-18-7-9-20(10-8-18)30(3)23-21-11-13-25-22(21)26-16-27-23/h5,11-13,15-16,18,20,24H,4,6-10,14H2,1-3H3,(H,25,26,27)/b12-5+. The molecule has 0 saturated heterocycles. The fourth-order valence-corrected chi connectivity index (χ4v) is 4.62. The molecule has 30 heavy (non-hydrogen) atoms. The molecule has 1 fully saturated rings. The Labute approximate surface area is 178 Å². The number of aryl methyl sites for hydroxylation is 2. The average Bonchev–Trinajstić information content (AvgIpc) is 3.36. The van der Waals surface area contributed by atoms with Gasteiger partial charge in [0, 0.05) is 44.6 Å². The van der Waals surface area contributed by atoms with Gasteiger partial charge in [0.15, 0.2) is 0 Å². The van der Waals surface area contributed by atoms with Gasteiger partial charge in [0.25, 0.3) is 0 Å². The van der Waals surface area contributed by atoms with Gasteiger partial charge in [-0.1, -0.05) is 6.08 Å². The highest BCUT2D eigenvalue weighted by atomic mass is 15.3. The van der Waals surface area contributed by atoms with Crippen LogP contribution in [0, 0.1) is 12.8 Å². The molecule has 0 spiro atoms. The number of allylic oxidation sites excluding steroid dienone is 1. The van der Waals surface area contributed by atoms with Gasteiger partial charge in [-0.25, -0.2) is 9.97 Å². The first-order valence-corrected chi connectivity index (χ1v) is 11.0. The van der Waals surface area contributed by atoms with Crippen molar-refractivity contribution in [3.63, 3.8) is 0 Å². The lowest BCUT2D eigenvalue weighted by Crippen LogP contribution is -2.35. The lowest BCUT2D eigenvalue weighted by Gasteiger charge is -2.35. The number of anilines is 1. The fraction of sp³-hybridized carbons (Fsp3) is 0.522. The predicted octanol–water partition coefficient (Wildman–Crippen LogP) is 4.08. The Morgan fingerprint density at radius 2 is 2.10 bits per heavy atom. The van der Waals surface area contributed by atoms with Crippen molar-refractivity contribution in [2.24, 2.45) is 13.0 Å². The minimum absolute atomic E-state index is 0.564. The zero-order valence-corrected chi connectivity index (χ0v) is 18.3. The van der Waals surface area contributed by atoms with E-state index in [1.54, 1.807) is 6.33 Å². The minimum Gasteiger partial charge on any atom is -0.387 e. The molecule has 0 amide bonds. The molecule has 0 atom stereocenters. The first-order valence-electron chi connectivity index (χ1n) is 11.0. The molecular formula is C23H33N7. The average molecular weight is 408 g/mol. The van der Waals surface area contributed by atoms with E-state index in [4.69, 9.17) is 0 Å². The lowest BCUT2D eigenvalue weighted by molar-refractivity contribution is 0.306. The predicted molar refractivity (Wildman–Crippen MR) is 121 cm³/mol. The normalized spacial score (nSPS) is 19.6. The topological polar surface area (TPSA) is 74.7 Å². The summed E-state index contributed by atoms with van der Waals surface area (Å²) in [6, 6.07) is 2.64. The Morgan fingerprint density at radius 3 is 2.87 bits per heavy atom. The second kappa shape index (κ2) is 9.32. The summed E-state index contributed by atoms with van der Waals surface area (Å²) < 4.78 is 1.87. The molecule has 3 aromatic heterocycles. The van der Waals surface area contributed by atoms with Gasteiger partial charge >= 0.3 is 0 Å². The third-order valence-corrected chi connectivity index (χ3v) is 6.42. The van der Waals surface area contributed by atoms with Gasteiger partial charge < -0.3 is 15.2 Å². The molecule has 7 nitrogen and oxygen atoms in total. The monoisotopic (exact) mass is 407 g/mol. The number of aromatic amines is 1. The highest BCUT2D eigenvalue weighted by Gasteiger charge is 2.25. The molecule has 0 aliphatic heterocycles. The van der Waals surface area contributed by atoms with E-state index in [2.05, 4.69) is 68.8 Å². The molecule has 160 valence electrons. The maximum atomic E-state index is 4.55. The third kappa shape index (κ3) is 4.66. The molecule has 0 unspecified atom stereocenters. The van der Waals surface area contributed by atoms with Crippen LogP contribution >= 0.6 is 0 Å². The largest absolute Gasteiger partial charge is 0.387 e. The van der Waals surface area contributed by atoms with Crippen molar-refractivity contribution in [3.8, 4) is 0 Å². The number of nitrogens with one attached hydrogen (secondary N) is 2. The fourth-order valence-electron chi connectivity index (χ4n) is 4.62. The number of H-pyrrole nitrogens is 1. The highest BCUT2D eigenvalue weighted by molar-refractivity contribution is 5.87. The van der Waals surface area contributed by atoms with Crippen LogP contribution in [0.4, 0.5) is 5.82 Å². The summed E-state index contributed by atoms with van der Waals surface area (Å²) in [5.74, 6) is 1.88. The highest BCUT2D eigenvalue weighted by Crippen LogP contribution is 2.33. The molecule has 0 radical (unpaired) electrons. The second-order valence-corrected chi connectivity index (χ2v) is 8.50. The van der Waals surface area contributed by atoms with Crippen LogP contribution in [-0.4, -0.2) is 37.8 Å². The van der Waals surface area contributed by atoms with Crippen molar-refractivity contribution in [2.45, 2.75) is 58.0 Å². The van der Waals surface area contributed by atoms with Crippen LogP contribution < -0.4 is 10.2 Å². The number of nitrogens with zero attached hydrogens (tertiary/aromatic N) is 5. The first kappa shape index (κ1) is 20.4. The zero-order chi connectivity index (χ0) is 20.9. The van der Waals surface area contributed by atoms with E-state index in [1.165, 1.54) is 37.7 Å². The van der Waals surface area contributed by atoms with Crippen LogP contribution in [0.5, 0.6) is 0 Å². The van der Waals surface area contributed by atoms with Gasteiger partial charge in [-0.3, -0.25) is 4.68 Å². The van der Waals surface area contributed by atoms with Crippen molar-refractivity contribution in [3.05, 3.63) is 48.3 Å². The zero-order valence-electron chi connectivity index (χ0n) is 18.3. The van der Waals surface area contributed by atoms with Crippen LogP contribution in [0.3, 0.4) is 0 Å². The van der Waals surface area contributed by atoms with Crippen LogP contribution in [0.25, 0.3) is 11.0 Å². The van der Waals surface area contributed by atoms with E-state index >= 15 is 0 Å². The summed E-state index contributed by atoms with van der Waals surface area (Å²) in [5.41, 5.74) is 3.27. The van der Waals surface area contributed by atoms with E-state index in [0.29, 0.717) is 6.04 Å². The van der Waals surface area contributed by atoms with Gasteiger partial charge in [0.1, 0.15) is 17.8 Å². The number of aromatic nitrogens is 5. The Bertz CT molecular complexity index is 979. The third-order valence-electron chi connectivity index (χ3n) is 6.42. The lowest BCUT2D eigenvalue weighted by atomic mass is 9.83. The molecule has 1 aliphatic carbocycles. The summed E-state index contributed by atoms with van der Waals surface area (Å²) in [6.07, 6.45) is 17.5. The van der Waals surface area contributed by atoms with Crippen LogP contribution in [0.15, 0.2) is 37.1 Å². The summed E-state index contributed by atoms with van der Waals surface area (Å²) in [7, 11) is 4.14. The van der Waals surface area contributed by atoms with E-state index in [1.807, 2.05) is 17.9 Å². The van der Waals surface area contributed by atoms with E-state index in [0.717, 1.165) is 41.4 Å². The minimum atomic E-state index is 0.564. The van der Waals surface area contributed by atoms with Crippen molar-refractivity contribution in [1.82, 2.24) is 30.0 Å². The SMILES string of the molecule is Cc1nn(C)cc1CN/C=C/CCC1CCC(N(C)c2ncnc3[nH]ccc23)CC1. The Morgan fingerprint density at radius 1 is 1.27 bits per heavy atom. The van der Waals surface area contributed by atoms with Crippen LogP contribution in [0.1, 0.15) is 49.8 Å². The molecule has 1 aliphatic rings. The van der Waals surface area contributed by atoms with Gasteiger partial charge in [0.2, 0.25) is 0 Å². The number of rotatable bonds is 8. The molecule has 1 saturated carbocycles. The van der Waals surface area contributed by atoms with Crippen molar-refractivity contribution in [2.75, 3.05) is 11.9 Å². The summed E-state index contributed by atoms with van der Waals surface area (Å²) >= 11 is 0. The van der Waals surface area contributed by atoms with Crippen LogP contribution in [-0.2, 0) is 13.6 Å². The van der Waals surface area contributed by atoms with Crippen molar-refractivity contribution in [1.29, 1.82) is 0 Å². The van der Waals surface area contributed by atoms with Gasteiger partial charge in [-0.15, -0.1) is 0 Å². The molecule has 0 bridgehead atoms. The molecule has 0 aromatic carbocycles. The number of fused-ring (bicyclic) bond motifs is 1. The summed E-state index contributed by atoms with van der Waals surface area (Å²) in [6.45, 7) is 2.89. The molecule has 4 rings (SSSR count). The number of hydrogen-bond donors (Lipinski definition) is 2. The smallest absolute Gasteiger partial charge is 0.142 e. The van der Waals surface area contributed by atoms with E-state index < -0.39 is 0 Å². The molecular weight excluding hydrogens is 374 g/mol. The van der Waals surface area contributed by atoms with E-state index in [9.17, 15) is 0 Å². The van der Waals surface area contributed by atoms with Gasteiger partial charge in [0.05, 0.1) is 11.1 Å². The van der Waals surface area contributed by atoms with Crippen molar-refractivity contribution < 1.29 is 0 Å². The Kier molecular flexibility index (Phi) is 6.35. The first-order chi connectivity index (χ1) is 14.6. The summed E-state index contributed by atoms with van der Waals surface area (Å²) in [4.78, 5) is 14.4. The summed E-state index contributed by atoms with van der Waals surface area (Å²) in [5, 5.41) is 8.88. The maximum absolute atomic E-state index is 4.55. The maximum Gasteiger partial charge on any atom is 0.142 e. The molecule has 7 heteroatoms. The Balaban J connectivity index is 1.18. The van der Waals surface area contributed by atoms with Gasteiger partial charge in [-0.2, -0.15) is 5.10 Å². The van der Waals surface area contributed by atoms with Crippen molar-refractivity contribution >= 4 is 16.9 Å². The van der Waals surface area contributed by atoms with Crippen LogP contribution in [0.2, 0.25) is 0 Å². The Hall–Kier alpha value is -2.83. The second-order valence-electron chi connectivity index (χ2n) is 8.50.